The number of rotatable bonds is 7. The maximum Gasteiger partial charge on any atom is 0.0354 e. The van der Waals surface area contributed by atoms with Crippen molar-refractivity contribution in [1.82, 2.24) is 10.2 Å². The van der Waals surface area contributed by atoms with E-state index in [1.54, 1.807) is 0 Å². The van der Waals surface area contributed by atoms with Crippen molar-refractivity contribution in [2.75, 3.05) is 25.9 Å². The number of nitrogens with one attached hydrogen (secondary N) is 1. The van der Waals surface area contributed by atoms with Crippen molar-refractivity contribution in [3.63, 3.8) is 0 Å². The van der Waals surface area contributed by atoms with Gasteiger partial charge in [0.05, 0.1) is 0 Å². The van der Waals surface area contributed by atoms with Crippen LogP contribution in [0, 0.1) is 0 Å². The zero-order valence-electron chi connectivity index (χ0n) is 11.3. The molecule has 0 amide bonds. The molecule has 0 spiro atoms. The van der Waals surface area contributed by atoms with Crippen LogP contribution in [0.25, 0.3) is 0 Å². The first-order chi connectivity index (χ1) is 7.70. The smallest absolute Gasteiger partial charge is 0.0354 e. The fourth-order valence-electron chi connectivity index (χ4n) is 2.56. The summed E-state index contributed by atoms with van der Waals surface area (Å²) in [4.78, 5) is 2.71. The molecule has 2 nitrogen and oxygen atoms in total. The van der Waals surface area contributed by atoms with Crippen LogP contribution in [0.3, 0.4) is 0 Å². The molecule has 0 radical (unpaired) electrons. The van der Waals surface area contributed by atoms with E-state index in [0.29, 0.717) is 6.04 Å². The average molecular weight is 244 g/mol. The molecule has 2 unspecified atom stereocenters. The fourth-order valence-corrected chi connectivity index (χ4v) is 3.41. The third-order valence-corrected chi connectivity index (χ3v) is 4.63. The molecule has 1 fully saturated rings. The van der Waals surface area contributed by atoms with Gasteiger partial charge in [0, 0.05) is 30.4 Å². The highest BCUT2D eigenvalue weighted by atomic mass is 32.2. The first-order valence-electron chi connectivity index (χ1n) is 6.70. The molecule has 2 atom stereocenters. The SMILES string of the molecule is CCCCCN(C(C)C)C1CNCC1SC. The minimum absolute atomic E-state index is 0.677. The highest BCUT2D eigenvalue weighted by Gasteiger charge is 2.32. The minimum Gasteiger partial charge on any atom is -0.314 e. The van der Waals surface area contributed by atoms with Gasteiger partial charge in [0.2, 0.25) is 0 Å². The number of unbranched alkanes of at least 4 members (excludes halogenated alkanes) is 2. The maximum atomic E-state index is 3.54. The summed E-state index contributed by atoms with van der Waals surface area (Å²) in [6, 6.07) is 1.42. The van der Waals surface area contributed by atoms with Crippen LogP contribution >= 0.6 is 11.8 Å². The monoisotopic (exact) mass is 244 g/mol. The molecular weight excluding hydrogens is 216 g/mol. The zero-order valence-corrected chi connectivity index (χ0v) is 12.1. The molecule has 1 heterocycles. The summed E-state index contributed by atoms with van der Waals surface area (Å²) in [6.45, 7) is 10.6. The summed E-state index contributed by atoms with van der Waals surface area (Å²) < 4.78 is 0. The first kappa shape index (κ1) is 14.3. The van der Waals surface area contributed by atoms with Crippen molar-refractivity contribution in [2.45, 2.75) is 57.4 Å². The molecular formula is C13H28N2S. The number of hydrogen-bond acceptors (Lipinski definition) is 3. The number of nitrogens with zero attached hydrogens (tertiary/aromatic N) is 1. The summed E-state index contributed by atoms with van der Waals surface area (Å²) in [6.07, 6.45) is 6.29. The third kappa shape index (κ3) is 3.94. The molecule has 1 N–H and O–H groups in total. The van der Waals surface area contributed by atoms with Gasteiger partial charge in [0.1, 0.15) is 0 Å². The van der Waals surface area contributed by atoms with Gasteiger partial charge in [-0.2, -0.15) is 11.8 Å². The first-order valence-corrected chi connectivity index (χ1v) is 7.98. The van der Waals surface area contributed by atoms with Crippen LogP contribution in [0.15, 0.2) is 0 Å². The zero-order chi connectivity index (χ0) is 12.0. The van der Waals surface area contributed by atoms with Gasteiger partial charge in [-0.1, -0.05) is 19.8 Å². The predicted molar refractivity (Wildman–Crippen MR) is 75.3 cm³/mol. The van der Waals surface area contributed by atoms with Crippen molar-refractivity contribution >= 4 is 11.8 Å². The Bertz CT molecular complexity index is 185. The van der Waals surface area contributed by atoms with Gasteiger partial charge in [-0.3, -0.25) is 4.90 Å². The number of hydrogen-bond donors (Lipinski definition) is 1. The molecule has 3 heteroatoms. The maximum absolute atomic E-state index is 3.54. The van der Waals surface area contributed by atoms with E-state index in [4.69, 9.17) is 0 Å². The van der Waals surface area contributed by atoms with Crippen LogP contribution in [-0.2, 0) is 0 Å². The Kier molecular flexibility index (Phi) is 6.78. The van der Waals surface area contributed by atoms with Gasteiger partial charge in [0.15, 0.2) is 0 Å². The lowest BCUT2D eigenvalue weighted by molar-refractivity contribution is 0.163. The van der Waals surface area contributed by atoms with Crippen LogP contribution in [0.5, 0.6) is 0 Å². The topological polar surface area (TPSA) is 15.3 Å². The quantitative estimate of drug-likeness (QED) is 0.693. The lowest BCUT2D eigenvalue weighted by Gasteiger charge is -2.35. The molecule has 0 aliphatic carbocycles. The molecule has 1 rings (SSSR count). The molecule has 0 aromatic carbocycles. The molecule has 0 saturated carbocycles. The summed E-state index contributed by atoms with van der Waals surface area (Å²) in [5.41, 5.74) is 0. The molecule has 16 heavy (non-hydrogen) atoms. The van der Waals surface area contributed by atoms with E-state index in [1.165, 1.54) is 38.9 Å². The van der Waals surface area contributed by atoms with Gasteiger partial charge in [-0.05, 0) is 33.1 Å². The van der Waals surface area contributed by atoms with Gasteiger partial charge in [0.25, 0.3) is 0 Å². The van der Waals surface area contributed by atoms with Crippen LogP contribution in [0.2, 0.25) is 0 Å². The van der Waals surface area contributed by atoms with Crippen molar-refractivity contribution < 1.29 is 0 Å². The Labute approximate surface area is 106 Å². The van der Waals surface area contributed by atoms with Crippen LogP contribution in [-0.4, -0.2) is 48.1 Å². The molecule has 1 aliphatic rings. The summed E-state index contributed by atoms with van der Waals surface area (Å²) in [5, 5.41) is 4.32. The van der Waals surface area contributed by atoms with Crippen molar-refractivity contribution in [2.24, 2.45) is 0 Å². The number of thioether (sulfide) groups is 1. The predicted octanol–water partition coefficient (Wildman–Crippen LogP) is 2.59. The van der Waals surface area contributed by atoms with Crippen LogP contribution < -0.4 is 5.32 Å². The molecule has 0 aromatic rings. The average Bonchev–Trinajstić information content (AvgIpc) is 2.71. The second kappa shape index (κ2) is 7.57. The van der Waals surface area contributed by atoms with E-state index in [2.05, 4.69) is 37.2 Å². The Morgan fingerprint density at radius 1 is 1.31 bits per heavy atom. The van der Waals surface area contributed by atoms with Gasteiger partial charge < -0.3 is 5.32 Å². The second-order valence-corrected chi connectivity index (χ2v) is 6.12. The van der Waals surface area contributed by atoms with Gasteiger partial charge in [-0.25, -0.2) is 0 Å². The second-order valence-electron chi connectivity index (χ2n) is 5.04. The molecule has 1 aliphatic heterocycles. The summed E-state index contributed by atoms with van der Waals surface area (Å²) in [5.74, 6) is 0. The largest absolute Gasteiger partial charge is 0.314 e. The molecule has 1 saturated heterocycles. The Morgan fingerprint density at radius 2 is 2.06 bits per heavy atom. The highest BCUT2D eigenvalue weighted by molar-refractivity contribution is 7.99. The van der Waals surface area contributed by atoms with E-state index in [-0.39, 0.29) is 0 Å². The Balaban J connectivity index is 2.48. The van der Waals surface area contributed by atoms with Gasteiger partial charge >= 0.3 is 0 Å². The van der Waals surface area contributed by atoms with E-state index >= 15 is 0 Å². The van der Waals surface area contributed by atoms with Crippen molar-refractivity contribution in [3.8, 4) is 0 Å². The lowest BCUT2D eigenvalue weighted by atomic mass is 10.1. The highest BCUT2D eigenvalue weighted by Crippen LogP contribution is 2.22. The lowest BCUT2D eigenvalue weighted by Crippen LogP contribution is -2.46. The van der Waals surface area contributed by atoms with E-state index in [9.17, 15) is 0 Å². The summed E-state index contributed by atoms with van der Waals surface area (Å²) >= 11 is 2.02. The normalized spacial score (nSPS) is 25.9. The van der Waals surface area contributed by atoms with Crippen molar-refractivity contribution in [3.05, 3.63) is 0 Å². The minimum atomic E-state index is 0.677. The van der Waals surface area contributed by atoms with Crippen LogP contribution in [0.1, 0.15) is 40.0 Å². The molecule has 0 bridgehead atoms. The van der Waals surface area contributed by atoms with E-state index in [0.717, 1.165) is 11.3 Å². The third-order valence-electron chi connectivity index (χ3n) is 3.54. The Hall–Kier alpha value is 0.270. The van der Waals surface area contributed by atoms with Crippen LogP contribution in [0.4, 0.5) is 0 Å². The van der Waals surface area contributed by atoms with E-state index < -0.39 is 0 Å². The van der Waals surface area contributed by atoms with E-state index in [1.807, 2.05) is 11.8 Å². The summed E-state index contributed by atoms with van der Waals surface area (Å²) in [7, 11) is 0. The molecule has 96 valence electrons. The Morgan fingerprint density at radius 3 is 2.62 bits per heavy atom. The molecule has 0 aromatic heterocycles. The standard InChI is InChI=1S/C13H28N2S/c1-5-6-7-8-15(11(2)3)12-9-14-10-13(12)16-4/h11-14H,5-10H2,1-4H3. The fraction of sp³-hybridized carbons (Fsp3) is 1.00. The van der Waals surface area contributed by atoms with Gasteiger partial charge in [-0.15, -0.1) is 0 Å². The van der Waals surface area contributed by atoms with Crippen molar-refractivity contribution in [1.29, 1.82) is 0 Å².